The largest absolute Gasteiger partial charge is 0.289 e. The quantitative estimate of drug-likeness (QED) is 0.650. The van der Waals surface area contributed by atoms with Crippen LogP contribution in [-0.2, 0) is 4.79 Å². The maximum Gasteiger partial charge on any atom is 0.234 e. The summed E-state index contributed by atoms with van der Waals surface area (Å²) in [6, 6.07) is 0.348. The van der Waals surface area contributed by atoms with Gasteiger partial charge in [-0.25, -0.2) is 5.01 Å². The second kappa shape index (κ2) is 5.14. The van der Waals surface area contributed by atoms with E-state index < -0.39 is 0 Å². The lowest BCUT2D eigenvalue weighted by molar-refractivity contribution is -0.126. The third-order valence-corrected chi connectivity index (χ3v) is 1.67. The molecule has 1 N–H and O–H groups in total. The van der Waals surface area contributed by atoms with Crippen LogP contribution in [0.4, 0.5) is 0 Å². The van der Waals surface area contributed by atoms with Crippen LogP contribution in [0, 0.1) is 5.92 Å². The molecule has 0 spiro atoms. The van der Waals surface area contributed by atoms with E-state index >= 15 is 0 Å². The molecule has 12 heavy (non-hydrogen) atoms. The molecule has 0 aliphatic heterocycles. The van der Waals surface area contributed by atoms with Crippen LogP contribution in [0.2, 0.25) is 0 Å². The number of nitrogens with one attached hydrogen (secondary N) is 1. The molecule has 0 aromatic heterocycles. The Morgan fingerprint density at radius 3 is 2.17 bits per heavy atom. The first-order chi connectivity index (χ1) is 5.43. The van der Waals surface area contributed by atoms with Gasteiger partial charge in [0.2, 0.25) is 5.91 Å². The van der Waals surface area contributed by atoms with Crippen LogP contribution in [0.5, 0.6) is 0 Å². The highest BCUT2D eigenvalue weighted by molar-refractivity contribution is 5.75. The van der Waals surface area contributed by atoms with Gasteiger partial charge in [0.15, 0.2) is 0 Å². The van der Waals surface area contributed by atoms with E-state index in [4.69, 9.17) is 0 Å². The van der Waals surface area contributed by atoms with E-state index in [1.807, 2.05) is 39.8 Å². The van der Waals surface area contributed by atoms with Gasteiger partial charge in [0.1, 0.15) is 0 Å². The zero-order valence-corrected chi connectivity index (χ0v) is 8.72. The molecule has 0 aliphatic rings. The van der Waals surface area contributed by atoms with Crippen LogP contribution in [0.15, 0.2) is 0 Å². The summed E-state index contributed by atoms with van der Waals surface area (Å²) < 4.78 is 0. The molecule has 0 saturated heterocycles. The summed E-state index contributed by atoms with van der Waals surface area (Å²) in [6.45, 7) is 8.15. The number of hydrogen-bond donors (Lipinski definition) is 1. The highest BCUT2D eigenvalue weighted by atomic mass is 16.2. The van der Waals surface area contributed by atoms with Gasteiger partial charge >= 0.3 is 0 Å². The van der Waals surface area contributed by atoms with E-state index in [-0.39, 0.29) is 5.91 Å². The lowest BCUT2D eigenvalue weighted by Crippen LogP contribution is -2.43. The first kappa shape index (κ1) is 11.4. The zero-order valence-electron chi connectivity index (χ0n) is 8.72. The van der Waals surface area contributed by atoms with Gasteiger partial charge in [-0.3, -0.25) is 10.2 Å². The van der Waals surface area contributed by atoms with Crippen molar-refractivity contribution in [3.05, 3.63) is 0 Å². The maximum absolute atomic E-state index is 11.2. The molecule has 0 saturated carbocycles. The summed E-state index contributed by atoms with van der Waals surface area (Å²) in [4.78, 5) is 11.2. The Kier molecular flexibility index (Phi) is 4.90. The molecular weight excluding hydrogens is 152 g/mol. The predicted molar refractivity (Wildman–Crippen MR) is 50.5 cm³/mol. The topological polar surface area (TPSA) is 32.3 Å². The van der Waals surface area contributed by atoms with Crippen molar-refractivity contribution in [2.75, 3.05) is 7.05 Å². The Labute approximate surface area is 75.1 Å². The third kappa shape index (κ3) is 5.13. The normalized spacial score (nSPS) is 11.3. The van der Waals surface area contributed by atoms with E-state index in [0.29, 0.717) is 18.4 Å². The Balaban J connectivity index is 3.69. The molecule has 0 bridgehead atoms. The van der Waals surface area contributed by atoms with E-state index in [1.165, 1.54) is 0 Å². The highest BCUT2D eigenvalue weighted by Gasteiger charge is 2.08. The Hall–Kier alpha value is -0.570. The second-order valence-corrected chi connectivity index (χ2v) is 3.84. The van der Waals surface area contributed by atoms with Crippen molar-refractivity contribution in [3.63, 3.8) is 0 Å². The van der Waals surface area contributed by atoms with Crippen LogP contribution in [-0.4, -0.2) is 24.0 Å². The minimum Gasteiger partial charge on any atom is -0.289 e. The van der Waals surface area contributed by atoms with Crippen molar-refractivity contribution in [3.8, 4) is 0 Å². The SMILES string of the molecule is CC(C)CC(=O)NN(C)C(C)C. The second-order valence-electron chi connectivity index (χ2n) is 3.84. The fourth-order valence-electron chi connectivity index (χ4n) is 0.742. The Morgan fingerprint density at radius 2 is 1.83 bits per heavy atom. The summed E-state index contributed by atoms with van der Waals surface area (Å²) in [5, 5.41) is 1.82. The number of hydrogen-bond acceptors (Lipinski definition) is 2. The number of amides is 1. The molecule has 0 atom stereocenters. The monoisotopic (exact) mass is 172 g/mol. The molecule has 0 heterocycles. The number of carbonyl (C=O) groups is 1. The van der Waals surface area contributed by atoms with Crippen LogP contribution in [0.25, 0.3) is 0 Å². The summed E-state index contributed by atoms with van der Waals surface area (Å²) in [5.41, 5.74) is 2.81. The Morgan fingerprint density at radius 1 is 1.33 bits per heavy atom. The van der Waals surface area contributed by atoms with Gasteiger partial charge < -0.3 is 0 Å². The van der Waals surface area contributed by atoms with Gasteiger partial charge in [-0.15, -0.1) is 0 Å². The number of rotatable bonds is 4. The van der Waals surface area contributed by atoms with E-state index in [9.17, 15) is 4.79 Å². The van der Waals surface area contributed by atoms with Crippen LogP contribution in [0.3, 0.4) is 0 Å². The summed E-state index contributed by atoms with van der Waals surface area (Å²) in [6.07, 6.45) is 0.594. The smallest absolute Gasteiger partial charge is 0.234 e. The molecule has 0 aliphatic carbocycles. The van der Waals surface area contributed by atoms with Gasteiger partial charge in [0.25, 0.3) is 0 Å². The summed E-state index contributed by atoms with van der Waals surface area (Å²) in [7, 11) is 1.88. The van der Waals surface area contributed by atoms with Gasteiger partial charge in [0, 0.05) is 19.5 Å². The summed E-state index contributed by atoms with van der Waals surface area (Å²) >= 11 is 0. The fourth-order valence-corrected chi connectivity index (χ4v) is 0.742. The van der Waals surface area contributed by atoms with E-state index in [0.717, 1.165) is 0 Å². The molecule has 0 unspecified atom stereocenters. The van der Waals surface area contributed by atoms with Gasteiger partial charge in [-0.05, 0) is 19.8 Å². The minimum atomic E-state index is 0.0983. The first-order valence-corrected chi connectivity index (χ1v) is 4.45. The molecule has 0 radical (unpaired) electrons. The highest BCUT2D eigenvalue weighted by Crippen LogP contribution is 1.99. The molecule has 0 aromatic rings. The lowest BCUT2D eigenvalue weighted by Gasteiger charge is -2.22. The number of carbonyl (C=O) groups excluding carboxylic acids is 1. The molecule has 3 heteroatoms. The molecule has 0 fully saturated rings. The van der Waals surface area contributed by atoms with Crippen molar-refractivity contribution >= 4 is 5.91 Å². The van der Waals surface area contributed by atoms with Crippen molar-refractivity contribution in [2.45, 2.75) is 40.2 Å². The van der Waals surface area contributed by atoms with Gasteiger partial charge in [-0.1, -0.05) is 13.8 Å². The standard InChI is InChI=1S/C9H20N2O/c1-7(2)6-9(12)10-11(5)8(3)4/h7-8H,6H2,1-5H3,(H,10,12). The van der Waals surface area contributed by atoms with Crippen LogP contribution in [0.1, 0.15) is 34.1 Å². The van der Waals surface area contributed by atoms with Gasteiger partial charge in [0.05, 0.1) is 0 Å². The molecule has 3 nitrogen and oxygen atoms in total. The summed E-state index contributed by atoms with van der Waals surface area (Å²) in [5.74, 6) is 0.520. The number of hydrazine groups is 1. The zero-order chi connectivity index (χ0) is 9.72. The average Bonchev–Trinajstić information content (AvgIpc) is 1.84. The fraction of sp³-hybridized carbons (Fsp3) is 0.889. The maximum atomic E-state index is 11.2. The predicted octanol–water partition coefficient (Wildman–Crippen LogP) is 1.40. The van der Waals surface area contributed by atoms with Gasteiger partial charge in [-0.2, -0.15) is 0 Å². The number of nitrogens with zero attached hydrogens (tertiary/aromatic N) is 1. The van der Waals surface area contributed by atoms with E-state index in [1.54, 1.807) is 0 Å². The molecule has 1 amide bonds. The van der Waals surface area contributed by atoms with Crippen molar-refractivity contribution in [1.29, 1.82) is 0 Å². The minimum absolute atomic E-state index is 0.0983. The molecular formula is C9H20N2O. The van der Waals surface area contributed by atoms with Crippen LogP contribution < -0.4 is 5.43 Å². The molecule has 0 rings (SSSR count). The molecule has 72 valence electrons. The van der Waals surface area contributed by atoms with Crippen molar-refractivity contribution in [2.24, 2.45) is 5.92 Å². The average molecular weight is 172 g/mol. The van der Waals surface area contributed by atoms with E-state index in [2.05, 4.69) is 5.43 Å². The third-order valence-electron chi connectivity index (χ3n) is 1.67. The molecule has 0 aromatic carbocycles. The van der Waals surface area contributed by atoms with Crippen LogP contribution >= 0.6 is 0 Å². The van der Waals surface area contributed by atoms with Crippen molar-refractivity contribution < 1.29 is 4.79 Å². The Bertz CT molecular complexity index is 143. The van der Waals surface area contributed by atoms with Crippen molar-refractivity contribution in [1.82, 2.24) is 10.4 Å². The first-order valence-electron chi connectivity index (χ1n) is 4.45. The lowest BCUT2D eigenvalue weighted by atomic mass is 10.1.